The zero-order chi connectivity index (χ0) is 12.1. The summed E-state index contributed by atoms with van der Waals surface area (Å²) in [6.45, 7) is 8.42. The zero-order valence-corrected chi connectivity index (χ0v) is 10.9. The molecule has 2 rings (SSSR count). The van der Waals surface area contributed by atoms with Crippen molar-refractivity contribution in [2.75, 3.05) is 19.1 Å². The molecule has 3 heteroatoms. The van der Waals surface area contributed by atoms with Crippen molar-refractivity contribution >= 4 is 17.3 Å². The van der Waals surface area contributed by atoms with E-state index >= 15 is 0 Å². The third-order valence-electron chi connectivity index (χ3n) is 3.41. The smallest absolute Gasteiger partial charge is 0.120 e. The molecular weight excluding hydrogens is 222 g/mol. The number of likely N-dealkylation sites (N-methyl/N-ethyl adjacent to an activating group) is 1. The van der Waals surface area contributed by atoms with Gasteiger partial charge in [-0.05, 0) is 11.6 Å². The molecule has 0 amide bonds. The van der Waals surface area contributed by atoms with Crippen LogP contribution in [-0.2, 0) is 5.41 Å². The van der Waals surface area contributed by atoms with Crippen LogP contribution >= 0.6 is 11.6 Å². The Balaban J connectivity index is 2.72. The Hall–Kier alpha value is -1.15. The largest absolute Gasteiger partial charge is 0.497 e. The predicted octanol–water partition coefficient (Wildman–Crippen LogP) is 3.59. The minimum absolute atomic E-state index is 0.0950. The van der Waals surface area contributed by atoms with Crippen LogP contribution in [0.1, 0.15) is 19.4 Å². The molecule has 0 spiro atoms. The summed E-state index contributed by atoms with van der Waals surface area (Å²) < 4.78 is 5.25. The zero-order valence-electron chi connectivity index (χ0n) is 10.1. The fraction of sp³-hybridized carbons (Fsp3) is 0.385. The number of halogens is 1. The van der Waals surface area contributed by atoms with Crippen molar-refractivity contribution in [3.05, 3.63) is 35.0 Å². The molecule has 2 nitrogen and oxygen atoms in total. The van der Waals surface area contributed by atoms with Crippen molar-refractivity contribution in [2.45, 2.75) is 19.3 Å². The minimum atomic E-state index is -0.0950. The summed E-state index contributed by atoms with van der Waals surface area (Å²) in [5.41, 5.74) is 3.17. The quantitative estimate of drug-likeness (QED) is 0.740. The average Bonchev–Trinajstić information content (AvgIpc) is 2.41. The normalized spacial score (nSPS) is 17.6. The lowest BCUT2D eigenvalue weighted by atomic mass is 9.84. The molecular formula is C13H16ClNO. The van der Waals surface area contributed by atoms with E-state index in [9.17, 15) is 0 Å². The molecule has 1 aromatic carbocycles. The summed E-state index contributed by atoms with van der Waals surface area (Å²) in [6, 6.07) is 3.88. The monoisotopic (exact) mass is 237 g/mol. The Morgan fingerprint density at radius 2 is 2.00 bits per heavy atom. The number of hydrogen-bond donors (Lipinski definition) is 0. The molecule has 0 aromatic heterocycles. The summed E-state index contributed by atoms with van der Waals surface area (Å²) in [5, 5.41) is 0.712. The van der Waals surface area contributed by atoms with E-state index in [1.54, 1.807) is 7.11 Å². The van der Waals surface area contributed by atoms with Crippen LogP contribution in [-0.4, -0.2) is 14.2 Å². The molecule has 0 bridgehead atoms. The molecule has 0 atom stereocenters. The van der Waals surface area contributed by atoms with E-state index in [0.29, 0.717) is 5.02 Å². The van der Waals surface area contributed by atoms with Crippen LogP contribution in [0.5, 0.6) is 5.75 Å². The Labute approximate surface area is 101 Å². The van der Waals surface area contributed by atoms with Crippen molar-refractivity contribution in [3.63, 3.8) is 0 Å². The second kappa shape index (κ2) is 3.42. The molecule has 1 aromatic rings. The SMILES string of the molecule is C=C1N(C)c2c(Cl)cc(OC)cc2C1(C)C. The van der Waals surface area contributed by atoms with E-state index in [4.69, 9.17) is 16.3 Å². The highest BCUT2D eigenvalue weighted by molar-refractivity contribution is 6.34. The van der Waals surface area contributed by atoms with Gasteiger partial charge in [0.1, 0.15) is 5.75 Å². The van der Waals surface area contributed by atoms with Crippen molar-refractivity contribution in [1.29, 1.82) is 0 Å². The van der Waals surface area contributed by atoms with Gasteiger partial charge in [0, 0.05) is 24.2 Å². The molecule has 86 valence electrons. The van der Waals surface area contributed by atoms with Crippen LogP contribution in [0.25, 0.3) is 0 Å². The molecule has 0 unspecified atom stereocenters. The number of methoxy groups -OCH3 is 1. The molecule has 1 heterocycles. The number of rotatable bonds is 1. The molecule has 0 saturated carbocycles. The van der Waals surface area contributed by atoms with Gasteiger partial charge in [-0.1, -0.05) is 32.0 Å². The van der Waals surface area contributed by atoms with Gasteiger partial charge >= 0.3 is 0 Å². The molecule has 1 aliphatic rings. The number of ether oxygens (including phenoxy) is 1. The standard InChI is InChI=1S/C13H16ClNO/c1-8-13(2,3)10-6-9(16-5)7-11(14)12(10)15(8)4/h6-7H,1H2,2-5H3. The Morgan fingerprint density at radius 1 is 1.38 bits per heavy atom. The van der Waals surface area contributed by atoms with E-state index in [2.05, 4.69) is 25.3 Å². The van der Waals surface area contributed by atoms with E-state index in [0.717, 1.165) is 17.1 Å². The van der Waals surface area contributed by atoms with E-state index in [1.807, 2.05) is 19.2 Å². The van der Waals surface area contributed by atoms with Gasteiger partial charge in [-0.2, -0.15) is 0 Å². The molecule has 0 fully saturated rings. The second-order valence-corrected chi connectivity index (χ2v) is 5.04. The van der Waals surface area contributed by atoms with Crippen molar-refractivity contribution < 1.29 is 4.74 Å². The first-order chi connectivity index (χ1) is 7.39. The van der Waals surface area contributed by atoms with Crippen LogP contribution in [0, 0.1) is 0 Å². The highest BCUT2D eigenvalue weighted by Gasteiger charge is 2.39. The lowest BCUT2D eigenvalue weighted by Crippen LogP contribution is -2.21. The van der Waals surface area contributed by atoms with E-state index in [1.165, 1.54) is 5.56 Å². The van der Waals surface area contributed by atoms with Crippen LogP contribution in [0.3, 0.4) is 0 Å². The summed E-state index contributed by atoms with van der Waals surface area (Å²) in [5.74, 6) is 0.792. The Morgan fingerprint density at radius 3 is 2.56 bits per heavy atom. The van der Waals surface area contributed by atoms with Crippen molar-refractivity contribution in [2.24, 2.45) is 0 Å². The van der Waals surface area contributed by atoms with E-state index in [-0.39, 0.29) is 5.41 Å². The third-order valence-corrected chi connectivity index (χ3v) is 3.70. The fourth-order valence-electron chi connectivity index (χ4n) is 2.22. The van der Waals surface area contributed by atoms with E-state index < -0.39 is 0 Å². The number of anilines is 1. The number of hydrogen-bond acceptors (Lipinski definition) is 2. The summed E-state index contributed by atoms with van der Waals surface area (Å²) in [6.07, 6.45) is 0. The summed E-state index contributed by atoms with van der Waals surface area (Å²) in [7, 11) is 3.65. The van der Waals surface area contributed by atoms with Crippen molar-refractivity contribution in [1.82, 2.24) is 0 Å². The second-order valence-electron chi connectivity index (χ2n) is 4.64. The molecule has 0 radical (unpaired) electrons. The number of nitrogens with zero attached hydrogens (tertiary/aromatic N) is 1. The summed E-state index contributed by atoms with van der Waals surface area (Å²) >= 11 is 6.28. The van der Waals surface area contributed by atoms with Crippen LogP contribution in [0.4, 0.5) is 5.69 Å². The molecule has 0 N–H and O–H groups in total. The maximum absolute atomic E-state index is 6.28. The number of allylic oxidation sites excluding steroid dienone is 1. The van der Waals surface area contributed by atoms with Gasteiger partial charge in [-0.25, -0.2) is 0 Å². The van der Waals surface area contributed by atoms with Gasteiger partial charge in [0.05, 0.1) is 17.8 Å². The van der Waals surface area contributed by atoms with Gasteiger partial charge in [0.15, 0.2) is 0 Å². The van der Waals surface area contributed by atoms with Crippen LogP contribution in [0.2, 0.25) is 5.02 Å². The first kappa shape index (κ1) is 11.3. The van der Waals surface area contributed by atoms with Gasteiger partial charge in [-0.15, -0.1) is 0 Å². The average molecular weight is 238 g/mol. The number of benzene rings is 1. The number of fused-ring (bicyclic) bond motifs is 1. The molecule has 1 aliphatic heterocycles. The van der Waals surface area contributed by atoms with Crippen LogP contribution < -0.4 is 9.64 Å². The van der Waals surface area contributed by atoms with Gasteiger partial charge < -0.3 is 9.64 Å². The minimum Gasteiger partial charge on any atom is -0.497 e. The summed E-state index contributed by atoms with van der Waals surface area (Å²) in [4.78, 5) is 2.05. The Kier molecular flexibility index (Phi) is 2.43. The first-order valence-electron chi connectivity index (χ1n) is 5.20. The van der Waals surface area contributed by atoms with Crippen LogP contribution in [0.15, 0.2) is 24.4 Å². The molecule has 0 saturated heterocycles. The third kappa shape index (κ3) is 1.33. The Bertz CT molecular complexity index is 465. The van der Waals surface area contributed by atoms with Gasteiger partial charge in [0.2, 0.25) is 0 Å². The highest BCUT2D eigenvalue weighted by atomic mass is 35.5. The lowest BCUT2D eigenvalue weighted by molar-refractivity contribution is 0.413. The predicted molar refractivity (Wildman–Crippen MR) is 68.6 cm³/mol. The maximum atomic E-state index is 6.28. The lowest BCUT2D eigenvalue weighted by Gasteiger charge is -2.22. The first-order valence-corrected chi connectivity index (χ1v) is 5.58. The van der Waals surface area contributed by atoms with Gasteiger partial charge in [0.25, 0.3) is 0 Å². The van der Waals surface area contributed by atoms with Crippen molar-refractivity contribution in [3.8, 4) is 5.75 Å². The maximum Gasteiger partial charge on any atom is 0.120 e. The fourth-order valence-corrected chi connectivity index (χ4v) is 2.56. The molecule has 16 heavy (non-hydrogen) atoms. The highest BCUT2D eigenvalue weighted by Crippen LogP contribution is 2.50. The van der Waals surface area contributed by atoms with Gasteiger partial charge in [-0.3, -0.25) is 0 Å². The topological polar surface area (TPSA) is 12.5 Å². The molecule has 0 aliphatic carbocycles.